The summed E-state index contributed by atoms with van der Waals surface area (Å²) in [6, 6.07) is 0. The van der Waals surface area contributed by atoms with Crippen LogP contribution in [0.3, 0.4) is 0 Å². The summed E-state index contributed by atoms with van der Waals surface area (Å²) in [7, 11) is 0. The minimum atomic E-state index is -0.268. The Morgan fingerprint density at radius 2 is 2.29 bits per heavy atom. The summed E-state index contributed by atoms with van der Waals surface area (Å²) in [5.74, 6) is -0.171. The highest BCUT2D eigenvalue weighted by Crippen LogP contribution is 1.97. The number of rotatable bonds is 6. The zero-order valence-electron chi connectivity index (χ0n) is 8.29. The third-order valence-corrected chi connectivity index (χ3v) is 1.86. The Hall–Kier alpha value is -1.46. The molecular weight excluding hydrogens is 182 g/mol. The van der Waals surface area contributed by atoms with E-state index in [9.17, 15) is 4.79 Å². The summed E-state index contributed by atoms with van der Waals surface area (Å²) >= 11 is 0. The van der Waals surface area contributed by atoms with Gasteiger partial charge in [-0.1, -0.05) is 26.2 Å². The first-order chi connectivity index (χ1) is 6.84. The number of nitrogens with one attached hydrogen (secondary N) is 2. The lowest BCUT2D eigenvalue weighted by Gasteiger charge is -2.00. The van der Waals surface area contributed by atoms with Crippen LogP contribution in [0.1, 0.15) is 43.2 Å². The largest absolute Gasteiger partial charge is 0.349 e. The maximum atomic E-state index is 11.2. The van der Waals surface area contributed by atoms with E-state index in [1.807, 2.05) is 0 Å². The molecule has 78 valence electrons. The van der Waals surface area contributed by atoms with Gasteiger partial charge in [-0.15, -0.1) is 10.2 Å². The van der Waals surface area contributed by atoms with Crippen molar-refractivity contribution >= 4 is 5.91 Å². The molecule has 0 spiro atoms. The average Bonchev–Trinajstić information content (AvgIpc) is 2.70. The van der Waals surface area contributed by atoms with Crippen molar-refractivity contribution in [2.45, 2.75) is 32.6 Å². The van der Waals surface area contributed by atoms with E-state index in [0.29, 0.717) is 6.54 Å². The Morgan fingerprint density at radius 3 is 2.93 bits per heavy atom. The van der Waals surface area contributed by atoms with Gasteiger partial charge in [0.25, 0.3) is 11.7 Å². The number of carbonyl (C=O) groups excluding carboxylic acids is 1. The molecule has 1 amide bonds. The summed E-state index contributed by atoms with van der Waals surface area (Å²) < 4.78 is 0. The van der Waals surface area contributed by atoms with E-state index < -0.39 is 0 Å². The Labute approximate surface area is 82.5 Å². The fraction of sp³-hybridized carbons (Fsp3) is 0.750. The summed E-state index contributed by atoms with van der Waals surface area (Å²) in [5.41, 5.74) is 0. The van der Waals surface area contributed by atoms with Gasteiger partial charge in [-0.2, -0.15) is 5.21 Å². The van der Waals surface area contributed by atoms with Crippen molar-refractivity contribution in [1.82, 2.24) is 25.9 Å². The first-order valence-electron chi connectivity index (χ1n) is 4.86. The quantitative estimate of drug-likeness (QED) is 0.651. The predicted octanol–water partition coefficient (Wildman–Crippen LogP) is 0.510. The van der Waals surface area contributed by atoms with Crippen molar-refractivity contribution in [2.75, 3.05) is 6.54 Å². The van der Waals surface area contributed by atoms with E-state index in [0.717, 1.165) is 12.8 Å². The van der Waals surface area contributed by atoms with E-state index in [4.69, 9.17) is 0 Å². The Balaban J connectivity index is 2.10. The summed E-state index contributed by atoms with van der Waals surface area (Å²) in [6.45, 7) is 2.82. The first kappa shape index (κ1) is 10.6. The molecule has 0 aliphatic heterocycles. The van der Waals surface area contributed by atoms with Crippen molar-refractivity contribution in [2.24, 2.45) is 0 Å². The molecule has 1 heterocycles. The zero-order valence-corrected chi connectivity index (χ0v) is 8.29. The number of aromatic nitrogens is 4. The number of tetrazole rings is 1. The van der Waals surface area contributed by atoms with Crippen LogP contribution in [0.25, 0.3) is 0 Å². The second kappa shape index (κ2) is 6.06. The van der Waals surface area contributed by atoms with E-state index in [2.05, 4.69) is 32.9 Å². The average molecular weight is 197 g/mol. The van der Waals surface area contributed by atoms with Crippen molar-refractivity contribution < 1.29 is 4.79 Å². The Bertz CT molecular complexity index is 259. The summed E-state index contributed by atoms with van der Waals surface area (Å²) in [4.78, 5) is 11.2. The predicted molar refractivity (Wildman–Crippen MR) is 50.7 cm³/mol. The lowest BCUT2D eigenvalue weighted by atomic mass is 10.2. The number of amides is 1. The molecule has 0 radical (unpaired) electrons. The number of hydrogen-bond acceptors (Lipinski definition) is 4. The second-order valence-electron chi connectivity index (χ2n) is 3.05. The smallest absolute Gasteiger partial charge is 0.292 e. The Kier molecular flexibility index (Phi) is 4.60. The molecule has 6 nitrogen and oxygen atoms in total. The van der Waals surface area contributed by atoms with Crippen LogP contribution in [0, 0.1) is 0 Å². The topological polar surface area (TPSA) is 83.6 Å². The fourth-order valence-electron chi connectivity index (χ4n) is 1.09. The van der Waals surface area contributed by atoms with E-state index in [1.54, 1.807) is 0 Å². The van der Waals surface area contributed by atoms with Gasteiger partial charge in [-0.3, -0.25) is 4.79 Å². The molecule has 6 heteroatoms. The number of unbranched alkanes of at least 4 members (excludes halogenated alkanes) is 3. The molecule has 0 bridgehead atoms. The van der Waals surface area contributed by atoms with Gasteiger partial charge >= 0.3 is 0 Å². The molecule has 0 aliphatic carbocycles. The first-order valence-corrected chi connectivity index (χ1v) is 4.86. The number of aromatic amines is 1. The normalized spacial score (nSPS) is 10.1. The molecule has 0 aliphatic rings. The molecule has 0 fully saturated rings. The molecule has 14 heavy (non-hydrogen) atoms. The standard InChI is InChI=1S/C8H15N5O/c1-2-3-4-5-6-9-8(14)7-10-12-13-11-7/h2-6H2,1H3,(H,9,14)(H,10,11,12,13). The molecule has 0 saturated carbocycles. The molecule has 1 rings (SSSR count). The highest BCUT2D eigenvalue weighted by molar-refractivity contribution is 5.89. The molecule has 1 aromatic rings. The lowest BCUT2D eigenvalue weighted by Crippen LogP contribution is -2.25. The zero-order chi connectivity index (χ0) is 10.2. The SMILES string of the molecule is CCCCCCNC(=O)c1nn[nH]n1. The van der Waals surface area contributed by atoms with Crippen LogP contribution in [0.4, 0.5) is 0 Å². The third-order valence-electron chi connectivity index (χ3n) is 1.86. The van der Waals surface area contributed by atoms with Crippen LogP contribution >= 0.6 is 0 Å². The van der Waals surface area contributed by atoms with Crippen molar-refractivity contribution in [3.05, 3.63) is 5.82 Å². The van der Waals surface area contributed by atoms with E-state index in [-0.39, 0.29) is 11.7 Å². The van der Waals surface area contributed by atoms with Gasteiger partial charge in [0, 0.05) is 6.54 Å². The highest BCUT2D eigenvalue weighted by atomic mass is 16.2. The monoisotopic (exact) mass is 197 g/mol. The van der Waals surface area contributed by atoms with E-state index in [1.165, 1.54) is 12.8 Å². The molecule has 0 unspecified atom stereocenters. The van der Waals surface area contributed by atoms with Gasteiger partial charge in [0.05, 0.1) is 0 Å². The highest BCUT2D eigenvalue weighted by Gasteiger charge is 2.08. The molecular formula is C8H15N5O. The van der Waals surface area contributed by atoms with Gasteiger partial charge in [0.2, 0.25) is 0 Å². The summed E-state index contributed by atoms with van der Waals surface area (Å²) in [6.07, 6.45) is 4.54. The second-order valence-corrected chi connectivity index (χ2v) is 3.05. The van der Waals surface area contributed by atoms with Gasteiger partial charge in [-0.05, 0) is 11.6 Å². The lowest BCUT2D eigenvalue weighted by molar-refractivity contribution is 0.0942. The van der Waals surface area contributed by atoms with Crippen LogP contribution in [-0.4, -0.2) is 33.1 Å². The third kappa shape index (κ3) is 3.51. The number of nitrogens with zero attached hydrogens (tertiary/aromatic N) is 3. The van der Waals surface area contributed by atoms with Crippen LogP contribution in [0.15, 0.2) is 0 Å². The number of carbonyl (C=O) groups is 1. The molecule has 0 atom stereocenters. The number of hydrogen-bond donors (Lipinski definition) is 2. The van der Waals surface area contributed by atoms with Crippen LogP contribution < -0.4 is 5.32 Å². The number of H-pyrrole nitrogens is 1. The fourth-order valence-corrected chi connectivity index (χ4v) is 1.09. The van der Waals surface area contributed by atoms with Crippen molar-refractivity contribution in [3.8, 4) is 0 Å². The van der Waals surface area contributed by atoms with Crippen molar-refractivity contribution in [1.29, 1.82) is 0 Å². The van der Waals surface area contributed by atoms with Gasteiger partial charge < -0.3 is 5.32 Å². The molecule has 0 aromatic carbocycles. The van der Waals surface area contributed by atoms with E-state index >= 15 is 0 Å². The Morgan fingerprint density at radius 1 is 1.43 bits per heavy atom. The van der Waals surface area contributed by atoms with Gasteiger partial charge in [0.1, 0.15) is 0 Å². The molecule has 0 saturated heterocycles. The maximum absolute atomic E-state index is 11.2. The van der Waals surface area contributed by atoms with Crippen LogP contribution in [0.5, 0.6) is 0 Å². The molecule has 1 aromatic heterocycles. The minimum absolute atomic E-state index is 0.0977. The van der Waals surface area contributed by atoms with Gasteiger partial charge in [0.15, 0.2) is 0 Å². The van der Waals surface area contributed by atoms with Crippen molar-refractivity contribution in [3.63, 3.8) is 0 Å². The summed E-state index contributed by atoms with van der Waals surface area (Å²) in [5, 5.41) is 15.4. The minimum Gasteiger partial charge on any atom is -0.349 e. The maximum Gasteiger partial charge on any atom is 0.292 e. The van der Waals surface area contributed by atoms with Crippen LogP contribution in [-0.2, 0) is 0 Å². The van der Waals surface area contributed by atoms with Gasteiger partial charge in [-0.25, -0.2) is 0 Å². The van der Waals surface area contributed by atoms with Crippen LogP contribution in [0.2, 0.25) is 0 Å². The molecule has 2 N–H and O–H groups in total.